The summed E-state index contributed by atoms with van der Waals surface area (Å²) < 4.78 is 5.46. The van der Waals surface area contributed by atoms with Gasteiger partial charge in [0.25, 0.3) is 0 Å². The van der Waals surface area contributed by atoms with Gasteiger partial charge in [-0.25, -0.2) is 0 Å². The molecule has 1 aromatic rings. The van der Waals surface area contributed by atoms with E-state index in [4.69, 9.17) is 16.3 Å². The summed E-state index contributed by atoms with van der Waals surface area (Å²) in [5.74, 6) is 1.45. The zero-order valence-electron chi connectivity index (χ0n) is 14.2. The number of benzene rings is 1. The highest BCUT2D eigenvalue weighted by Gasteiger charge is 2.24. The molecule has 3 rings (SSSR count). The van der Waals surface area contributed by atoms with Crippen LogP contribution in [0.2, 0.25) is 5.02 Å². The van der Waals surface area contributed by atoms with Crippen molar-refractivity contribution in [3.05, 3.63) is 29.3 Å². The van der Waals surface area contributed by atoms with Crippen LogP contribution in [0.3, 0.4) is 0 Å². The summed E-state index contributed by atoms with van der Waals surface area (Å²) in [5, 5.41) is 3.50. The third-order valence-electron chi connectivity index (χ3n) is 5.18. The van der Waals surface area contributed by atoms with Crippen LogP contribution in [0.1, 0.15) is 32.1 Å². The fraction of sp³-hybridized carbons (Fsp3) is 0.632. The quantitative estimate of drug-likeness (QED) is 0.848. The summed E-state index contributed by atoms with van der Waals surface area (Å²) in [6, 6.07) is 7.38. The van der Waals surface area contributed by atoms with Gasteiger partial charge in [-0.1, -0.05) is 23.7 Å². The molecule has 2 aliphatic rings. The molecular formula is C19H27ClN2O2. The van der Waals surface area contributed by atoms with Crippen molar-refractivity contribution in [2.45, 2.75) is 32.1 Å². The standard InChI is InChI=1S/C19H27ClN2O2/c20-17-3-1-2-4-18(17)21-19(23)6-5-15-7-10-22(11-8-15)13-16-9-12-24-14-16/h1-4,15-16H,5-14H2,(H,21,23)/t16-/m0/s1. The minimum Gasteiger partial charge on any atom is -0.381 e. The first-order chi connectivity index (χ1) is 11.7. The Morgan fingerprint density at radius 3 is 2.71 bits per heavy atom. The number of halogens is 1. The maximum atomic E-state index is 12.1. The van der Waals surface area contributed by atoms with E-state index in [-0.39, 0.29) is 5.91 Å². The SMILES string of the molecule is O=C(CCC1CCN(C[C@@H]2CCOC2)CC1)Nc1ccccc1Cl. The van der Waals surface area contributed by atoms with Crippen LogP contribution in [0.4, 0.5) is 5.69 Å². The minimum absolute atomic E-state index is 0.0635. The number of piperidine rings is 1. The Kier molecular flexibility index (Phi) is 6.52. The fourth-order valence-corrected chi connectivity index (χ4v) is 3.84. The van der Waals surface area contributed by atoms with E-state index < -0.39 is 0 Å². The van der Waals surface area contributed by atoms with E-state index in [0.717, 1.165) is 38.6 Å². The Hall–Kier alpha value is -1.10. The number of amides is 1. The largest absolute Gasteiger partial charge is 0.381 e. The lowest BCUT2D eigenvalue weighted by molar-refractivity contribution is -0.116. The second-order valence-corrected chi connectivity index (χ2v) is 7.45. The Morgan fingerprint density at radius 1 is 1.21 bits per heavy atom. The van der Waals surface area contributed by atoms with Crippen molar-refractivity contribution in [1.82, 2.24) is 4.90 Å². The molecule has 0 radical (unpaired) electrons. The normalized spacial score (nSPS) is 22.6. The van der Waals surface area contributed by atoms with E-state index in [9.17, 15) is 4.79 Å². The molecule has 1 aromatic carbocycles. The van der Waals surface area contributed by atoms with Crippen molar-refractivity contribution in [1.29, 1.82) is 0 Å². The number of anilines is 1. The summed E-state index contributed by atoms with van der Waals surface area (Å²) in [5.41, 5.74) is 0.706. The van der Waals surface area contributed by atoms with Crippen LogP contribution >= 0.6 is 11.6 Å². The third-order valence-corrected chi connectivity index (χ3v) is 5.50. The highest BCUT2D eigenvalue weighted by atomic mass is 35.5. The molecule has 0 saturated carbocycles. The molecule has 0 unspecified atom stereocenters. The lowest BCUT2D eigenvalue weighted by Gasteiger charge is -2.33. The van der Waals surface area contributed by atoms with E-state index in [2.05, 4.69) is 10.2 Å². The third kappa shape index (κ3) is 5.20. The fourth-order valence-electron chi connectivity index (χ4n) is 3.66. The molecule has 0 aromatic heterocycles. The van der Waals surface area contributed by atoms with Crippen LogP contribution in [-0.4, -0.2) is 43.7 Å². The lowest BCUT2D eigenvalue weighted by Crippen LogP contribution is -2.37. The summed E-state index contributed by atoms with van der Waals surface area (Å²) in [7, 11) is 0. The Balaban J connectivity index is 1.34. The van der Waals surface area contributed by atoms with Gasteiger partial charge in [0.2, 0.25) is 5.91 Å². The minimum atomic E-state index is 0.0635. The van der Waals surface area contributed by atoms with Gasteiger partial charge >= 0.3 is 0 Å². The van der Waals surface area contributed by atoms with Crippen LogP contribution in [0.5, 0.6) is 0 Å². The van der Waals surface area contributed by atoms with E-state index in [1.54, 1.807) is 6.07 Å². The molecule has 2 heterocycles. The monoisotopic (exact) mass is 350 g/mol. The van der Waals surface area contributed by atoms with E-state index >= 15 is 0 Å². The van der Waals surface area contributed by atoms with Crippen molar-refractivity contribution in [3.63, 3.8) is 0 Å². The highest BCUT2D eigenvalue weighted by Crippen LogP contribution is 2.25. The van der Waals surface area contributed by atoms with Gasteiger partial charge in [-0.3, -0.25) is 4.79 Å². The number of carbonyl (C=O) groups is 1. The van der Waals surface area contributed by atoms with Crippen LogP contribution in [-0.2, 0) is 9.53 Å². The number of hydrogen-bond donors (Lipinski definition) is 1. The Morgan fingerprint density at radius 2 is 2.00 bits per heavy atom. The topological polar surface area (TPSA) is 41.6 Å². The number of hydrogen-bond acceptors (Lipinski definition) is 3. The smallest absolute Gasteiger partial charge is 0.224 e. The first kappa shape index (κ1) is 17.7. The molecule has 0 spiro atoms. The molecular weight excluding hydrogens is 324 g/mol. The van der Waals surface area contributed by atoms with Crippen molar-refractivity contribution >= 4 is 23.2 Å². The second kappa shape index (κ2) is 8.84. The number of para-hydroxylation sites is 1. The molecule has 1 amide bonds. The molecule has 132 valence electrons. The van der Waals surface area contributed by atoms with Gasteiger partial charge in [-0.05, 0) is 62.7 Å². The zero-order valence-corrected chi connectivity index (χ0v) is 14.9. The van der Waals surface area contributed by atoms with Gasteiger partial charge in [0.1, 0.15) is 0 Å². The van der Waals surface area contributed by atoms with Gasteiger partial charge in [0.05, 0.1) is 17.3 Å². The molecule has 2 fully saturated rings. The number of carbonyl (C=O) groups excluding carboxylic acids is 1. The first-order valence-corrected chi connectivity index (χ1v) is 9.43. The molecule has 2 saturated heterocycles. The van der Waals surface area contributed by atoms with Crippen molar-refractivity contribution in [2.24, 2.45) is 11.8 Å². The van der Waals surface area contributed by atoms with Crippen molar-refractivity contribution < 1.29 is 9.53 Å². The first-order valence-electron chi connectivity index (χ1n) is 9.05. The summed E-state index contributed by atoms with van der Waals surface area (Å²) in [4.78, 5) is 14.7. The van der Waals surface area contributed by atoms with E-state index in [1.165, 1.54) is 25.8 Å². The maximum absolute atomic E-state index is 12.1. The van der Waals surface area contributed by atoms with Gasteiger partial charge < -0.3 is 15.0 Å². The average Bonchev–Trinajstić information content (AvgIpc) is 3.09. The number of nitrogens with one attached hydrogen (secondary N) is 1. The number of rotatable bonds is 6. The molecule has 1 N–H and O–H groups in total. The molecule has 0 bridgehead atoms. The summed E-state index contributed by atoms with van der Waals surface area (Å²) in [6.07, 6.45) is 5.16. The average molecular weight is 351 g/mol. The maximum Gasteiger partial charge on any atom is 0.224 e. The predicted octanol–water partition coefficient (Wildman–Crippen LogP) is 3.81. The molecule has 24 heavy (non-hydrogen) atoms. The van der Waals surface area contributed by atoms with Gasteiger partial charge in [0.15, 0.2) is 0 Å². The Bertz CT molecular complexity index is 538. The molecule has 4 nitrogen and oxygen atoms in total. The van der Waals surface area contributed by atoms with Gasteiger partial charge in [-0.2, -0.15) is 0 Å². The predicted molar refractivity (Wildman–Crippen MR) is 97.4 cm³/mol. The molecule has 5 heteroatoms. The zero-order chi connectivity index (χ0) is 16.8. The van der Waals surface area contributed by atoms with E-state index in [0.29, 0.717) is 23.0 Å². The molecule has 0 aliphatic carbocycles. The van der Waals surface area contributed by atoms with Crippen LogP contribution in [0, 0.1) is 11.8 Å². The van der Waals surface area contributed by atoms with Crippen LogP contribution < -0.4 is 5.32 Å². The lowest BCUT2D eigenvalue weighted by atomic mass is 9.91. The molecule has 2 aliphatic heterocycles. The van der Waals surface area contributed by atoms with Crippen LogP contribution in [0.25, 0.3) is 0 Å². The van der Waals surface area contributed by atoms with Crippen molar-refractivity contribution in [2.75, 3.05) is 38.2 Å². The van der Waals surface area contributed by atoms with Gasteiger partial charge in [0, 0.05) is 19.6 Å². The van der Waals surface area contributed by atoms with Gasteiger partial charge in [-0.15, -0.1) is 0 Å². The highest BCUT2D eigenvalue weighted by molar-refractivity contribution is 6.33. The number of likely N-dealkylation sites (tertiary alicyclic amines) is 1. The Labute approximate surface area is 149 Å². The molecule has 1 atom stereocenters. The second-order valence-electron chi connectivity index (χ2n) is 7.04. The van der Waals surface area contributed by atoms with Crippen molar-refractivity contribution in [3.8, 4) is 0 Å². The van der Waals surface area contributed by atoms with E-state index in [1.807, 2.05) is 18.2 Å². The summed E-state index contributed by atoms with van der Waals surface area (Å²) in [6.45, 7) is 5.37. The summed E-state index contributed by atoms with van der Waals surface area (Å²) >= 11 is 6.07. The number of ether oxygens (including phenoxy) is 1. The number of nitrogens with zero attached hydrogens (tertiary/aromatic N) is 1. The van der Waals surface area contributed by atoms with Crippen LogP contribution in [0.15, 0.2) is 24.3 Å².